The highest BCUT2D eigenvalue weighted by atomic mass is 32.2. The second-order valence-corrected chi connectivity index (χ2v) is 10.6. The number of nitrogens with one attached hydrogen (secondary N) is 1. The fourth-order valence-corrected chi connectivity index (χ4v) is 6.60. The van der Waals surface area contributed by atoms with Crippen LogP contribution in [-0.4, -0.2) is 33.5 Å². The minimum Gasteiger partial charge on any atom is -0.370 e. The van der Waals surface area contributed by atoms with Crippen molar-refractivity contribution in [1.29, 1.82) is 0 Å². The molecule has 1 N–H and O–H groups in total. The van der Waals surface area contributed by atoms with Crippen molar-refractivity contribution in [3.63, 3.8) is 0 Å². The highest BCUT2D eigenvalue weighted by Crippen LogP contribution is 2.37. The number of benzene rings is 3. The van der Waals surface area contributed by atoms with Crippen molar-refractivity contribution < 1.29 is 17.6 Å². The molecule has 2 aliphatic heterocycles. The first-order chi connectivity index (χ1) is 16.4. The molecule has 34 heavy (non-hydrogen) atoms. The highest BCUT2D eigenvalue weighted by Gasteiger charge is 2.36. The van der Waals surface area contributed by atoms with Crippen LogP contribution in [0.25, 0.3) is 0 Å². The van der Waals surface area contributed by atoms with Gasteiger partial charge in [0.2, 0.25) is 0 Å². The Labute approximate surface area is 199 Å². The fraction of sp³-hybridized carbons (Fsp3) is 0.269. The maximum absolute atomic E-state index is 14.7. The maximum Gasteiger partial charge on any atom is 0.264 e. The van der Waals surface area contributed by atoms with Gasteiger partial charge >= 0.3 is 0 Å². The van der Waals surface area contributed by atoms with Crippen LogP contribution in [0.1, 0.15) is 35.7 Å². The van der Waals surface area contributed by atoms with Crippen molar-refractivity contribution in [2.75, 3.05) is 27.6 Å². The minimum atomic E-state index is -3.89. The molecule has 2 aliphatic rings. The second kappa shape index (κ2) is 8.76. The molecular weight excluding hydrogens is 453 g/mol. The summed E-state index contributed by atoms with van der Waals surface area (Å²) in [6.45, 7) is 3.47. The van der Waals surface area contributed by atoms with E-state index in [0.29, 0.717) is 17.8 Å². The van der Waals surface area contributed by atoms with Crippen LogP contribution in [0.5, 0.6) is 0 Å². The molecule has 0 saturated carbocycles. The van der Waals surface area contributed by atoms with Crippen LogP contribution < -0.4 is 14.5 Å². The molecule has 3 aromatic carbocycles. The molecule has 0 aliphatic carbocycles. The Kier molecular flexibility index (Phi) is 5.77. The van der Waals surface area contributed by atoms with E-state index in [9.17, 15) is 17.6 Å². The highest BCUT2D eigenvalue weighted by molar-refractivity contribution is 7.92. The Morgan fingerprint density at radius 2 is 1.68 bits per heavy atom. The van der Waals surface area contributed by atoms with Crippen LogP contribution in [0, 0.1) is 5.82 Å². The van der Waals surface area contributed by atoms with Gasteiger partial charge in [-0.2, -0.15) is 0 Å². The predicted molar refractivity (Wildman–Crippen MR) is 132 cm³/mol. The molecule has 0 radical (unpaired) electrons. The number of rotatable bonds is 5. The van der Waals surface area contributed by atoms with E-state index in [1.54, 1.807) is 18.2 Å². The molecule has 1 fully saturated rings. The number of hydrogen-bond donors (Lipinski definition) is 1. The maximum atomic E-state index is 14.7. The quantitative estimate of drug-likeness (QED) is 0.570. The van der Waals surface area contributed by atoms with Gasteiger partial charge in [0.05, 0.1) is 16.3 Å². The van der Waals surface area contributed by atoms with Crippen molar-refractivity contribution in [3.8, 4) is 0 Å². The Morgan fingerprint density at radius 1 is 0.971 bits per heavy atom. The molecule has 1 saturated heterocycles. The molecule has 1 unspecified atom stereocenters. The molecular formula is C26H26FN3O3S. The third-order valence-corrected chi connectivity index (χ3v) is 8.40. The first-order valence-electron chi connectivity index (χ1n) is 11.4. The van der Waals surface area contributed by atoms with Gasteiger partial charge < -0.3 is 10.2 Å². The summed E-state index contributed by atoms with van der Waals surface area (Å²) in [5.41, 5.74) is 2.53. The zero-order valence-corrected chi connectivity index (χ0v) is 19.7. The van der Waals surface area contributed by atoms with Gasteiger partial charge in [-0.05, 0) is 68.1 Å². The standard InChI is InChI=1S/C26H26FN3O3S/c1-18-16-19-8-2-3-12-23(19)30(18)34(32,33)21-10-6-9-20(17-21)26(31)28-25-22(27)11-7-13-24(25)29-14-4-5-15-29/h2-3,6-13,17-18H,4-5,14-16H2,1H3,(H,28,31). The number of carbonyl (C=O) groups is 1. The van der Waals surface area contributed by atoms with Crippen molar-refractivity contribution in [3.05, 3.63) is 83.7 Å². The number of halogens is 1. The van der Waals surface area contributed by atoms with Crippen LogP contribution in [0.2, 0.25) is 0 Å². The van der Waals surface area contributed by atoms with Crippen molar-refractivity contribution in [2.24, 2.45) is 0 Å². The van der Waals surface area contributed by atoms with Crippen molar-refractivity contribution >= 4 is 33.0 Å². The topological polar surface area (TPSA) is 69.7 Å². The molecule has 0 bridgehead atoms. The molecule has 3 aromatic rings. The number of hydrogen-bond acceptors (Lipinski definition) is 4. The average Bonchev–Trinajstić information content (AvgIpc) is 3.48. The van der Waals surface area contributed by atoms with E-state index in [-0.39, 0.29) is 22.2 Å². The normalized spacial score (nSPS) is 17.6. The number of fused-ring (bicyclic) bond motifs is 1. The predicted octanol–water partition coefficient (Wildman–Crippen LogP) is 4.82. The molecule has 2 heterocycles. The van der Waals surface area contributed by atoms with E-state index in [4.69, 9.17) is 0 Å². The number of carbonyl (C=O) groups excluding carboxylic acids is 1. The summed E-state index contributed by atoms with van der Waals surface area (Å²) in [6.07, 6.45) is 2.66. The van der Waals surface area contributed by atoms with E-state index in [1.165, 1.54) is 34.6 Å². The van der Waals surface area contributed by atoms with E-state index in [0.717, 1.165) is 31.5 Å². The van der Waals surface area contributed by atoms with Crippen LogP contribution in [0.4, 0.5) is 21.5 Å². The zero-order chi connectivity index (χ0) is 23.9. The van der Waals surface area contributed by atoms with Crippen LogP contribution in [0.15, 0.2) is 71.6 Å². The summed E-state index contributed by atoms with van der Waals surface area (Å²) in [6, 6.07) is 17.8. The molecule has 0 spiro atoms. The zero-order valence-electron chi connectivity index (χ0n) is 18.9. The molecule has 176 valence electrons. The smallest absolute Gasteiger partial charge is 0.264 e. The number of nitrogens with zero attached hydrogens (tertiary/aromatic N) is 2. The van der Waals surface area contributed by atoms with Crippen LogP contribution in [0.3, 0.4) is 0 Å². The third-order valence-electron chi connectivity index (χ3n) is 6.47. The molecule has 8 heteroatoms. The Bertz CT molecular complexity index is 1350. The Balaban J connectivity index is 1.45. The fourth-order valence-electron chi connectivity index (χ4n) is 4.86. The molecule has 1 atom stereocenters. The van der Waals surface area contributed by atoms with Gasteiger partial charge in [0.15, 0.2) is 0 Å². The Morgan fingerprint density at radius 3 is 2.47 bits per heavy atom. The summed E-state index contributed by atoms with van der Waals surface area (Å²) >= 11 is 0. The SMILES string of the molecule is CC1Cc2ccccc2N1S(=O)(=O)c1cccc(C(=O)Nc2c(F)cccc2N2CCCC2)c1. The van der Waals surface area contributed by atoms with Gasteiger partial charge in [0, 0.05) is 24.7 Å². The number of amides is 1. The van der Waals surface area contributed by atoms with Gasteiger partial charge in [-0.1, -0.05) is 30.3 Å². The summed E-state index contributed by atoms with van der Waals surface area (Å²) in [7, 11) is -3.89. The van der Waals surface area contributed by atoms with Crippen molar-refractivity contribution in [1.82, 2.24) is 0 Å². The van der Waals surface area contributed by atoms with Gasteiger partial charge in [-0.15, -0.1) is 0 Å². The summed E-state index contributed by atoms with van der Waals surface area (Å²) < 4.78 is 43.2. The lowest BCUT2D eigenvalue weighted by atomic mass is 10.1. The summed E-state index contributed by atoms with van der Waals surface area (Å²) in [5, 5.41) is 2.68. The lowest BCUT2D eigenvalue weighted by molar-refractivity contribution is 0.102. The first kappa shape index (κ1) is 22.4. The van der Waals surface area contributed by atoms with E-state index in [2.05, 4.69) is 5.32 Å². The number of para-hydroxylation sites is 2. The first-order valence-corrected chi connectivity index (χ1v) is 12.9. The third kappa shape index (κ3) is 3.92. The minimum absolute atomic E-state index is 0.0250. The second-order valence-electron chi connectivity index (χ2n) is 8.79. The molecule has 6 nitrogen and oxygen atoms in total. The van der Waals surface area contributed by atoms with E-state index in [1.807, 2.05) is 30.0 Å². The van der Waals surface area contributed by atoms with Gasteiger partial charge in [0.1, 0.15) is 11.5 Å². The van der Waals surface area contributed by atoms with Gasteiger partial charge in [-0.25, -0.2) is 12.8 Å². The molecule has 1 amide bonds. The lowest BCUT2D eigenvalue weighted by Gasteiger charge is -2.25. The lowest BCUT2D eigenvalue weighted by Crippen LogP contribution is -2.35. The number of anilines is 3. The summed E-state index contributed by atoms with van der Waals surface area (Å²) in [4.78, 5) is 15.2. The molecule has 0 aromatic heterocycles. The van der Waals surface area contributed by atoms with Gasteiger partial charge in [0.25, 0.3) is 15.9 Å². The van der Waals surface area contributed by atoms with E-state index >= 15 is 0 Å². The van der Waals surface area contributed by atoms with Crippen molar-refractivity contribution in [2.45, 2.75) is 37.1 Å². The largest absolute Gasteiger partial charge is 0.370 e. The molecule has 5 rings (SSSR count). The number of sulfonamides is 1. The van der Waals surface area contributed by atoms with Crippen LogP contribution >= 0.6 is 0 Å². The summed E-state index contributed by atoms with van der Waals surface area (Å²) in [5.74, 6) is -1.08. The van der Waals surface area contributed by atoms with E-state index < -0.39 is 21.7 Å². The average molecular weight is 480 g/mol. The Hall–Kier alpha value is -3.39. The monoisotopic (exact) mass is 479 g/mol. The van der Waals surface area contributed by atoms with Crippen LogP contribution in [-0.2, 0) is 16.4 Å². The van der Waals surface area contributed by atoms with Gasteiger partial charge in [-0.3, -0.25) is 9.10 Å².